The summed E-state index contributed by atoms with van der Waals surface area (Å²) in [6, 6.07) is 10.1. The second-order valence-corrected chi connectivity index (χ2v) is 4.38. The average molecular weight is 244 g/mol. The normalized spacial score (nSPS) is 14.6. The van der Waals surface area contributed by atoms with Crippen LogP contribution < -0.4 is 5.73 Å². The lowest BCUT2D eigenvalue weighted by Crippen LogP contribution is -2.28. The van der Waals surface area contributed by atoms with Crippen LogP contribution in [0.3, 0.4) is 0 Å². The molecule has 0 saturated heterocycles. The van der Waals surface area contributed by atoms with Crippen molar-refractivity contribution < 1.29 is 4.74 Å². The fraction of sp³-hybridized carbons (Fsp3) is 0.400. The van der Waals surface area contributed by atoms with Gasteiger partial charge in [0.15, 0.2) is 0 Å². The van der Waals surface area contributed by atoms with E-state index in [-0.39, 0.29) is 12.1 Å². The van der Waals surface area contributed by atoms with Gasteiger partial charge >= 0.3 is 0 Å². The van der Waals surface area contributed by atoms with Crippen molar-refractivity contribution >= 4 is 10.9 Å². The molecular formula is C15H20N2O. The van der Waals surface area contributed by atoms with E-state index < -0.39 is 0 Å². The minimum atomic E-state index is -0.0960. The van der Waals surface area contributed by atoms with E-state index in [0.29, 0.717) is 6.61 Å². The van der Waals surface area contributed by atoms with E-state index in [9.17, 15) is 0 Å². The minimum absolute atomic E-state index is 0.0659. The summed E-state index contributed by atoms with van der Waals surface area (Å²) in [6.45, 7) is 4.79. The van der Waals surface area contributed by atoms with E-state index in [0.717, 1.165) is 22.9 Å². The molecular weight excluding hydrogens is 224 g/mol. The van der Waals surface area contributed by atoms with Gasteiger partial charge in [-0.3, -0.25) is 4.98 Å². The Labute approximate surface area is 108 Å². The first-order chi connectivity index (χ1) is 8.76. The molecule has 0 aliphatic heterocycles. The van der Waals surface area contributed by atoms with Crippen LogP contribution in [0, 0.1) is 0 Å². The smallest absolute Gasteiger partial charge is 0.0764 e. The van der Waals surface area contributed by atoms with Crippen LogP contribution in [-0.4, -0.2) is 17.7 Å². The molecule has 1 aromatic heterocycles. The monoisotopic (exact) mass is 244 g/mol. The number of aromatic nitrogens is 1. The Kier molecular flexibility index (Phi) is 4.28. The summed E-state index contributed by atoms with van der Waals surface area (Å²) in [7, 11) is 0. The Bertz CT molecular complexity index is 513. The van der Waals surface area contributed by atoms with Crippen LogP contribution in [0.5, 0.6) is 0 Å². The maximum absolute atomic E-state index is 6.27. The Morgan fingerprint density at radius 1 is 1.28 bits per heavy atom. The van der Waals surface area contributed by atoms with Gasteiger partial charge in [0.2, 0.25) is 0 Å². The molecule has 3 heteroatoms. The van der Waals surface area contributed by atoms with Gasteiger partial charge in [0.1, 0.15) is 0 Å². The highest BCUT2D eigenvalue weighted by atomic mass is 16.5. The highest BCUT2D eigenvalue weighted by Crippen LogP contribution is 2.22. The molecule has 1 aromatic carbocycles. The van der Waals surface area contributed by atoms with Gasteiger partial charge in [-0.25, -0.2) is 0 Å². The molecule has 2 atom stereocenters. The van der Waals surface area contributed by atoms with Crippen molar-refractivity contribution in [3.8, 4) is 0 Å². The molecule has 2 N–H and O–H groups in total. The second kappa shape index (κ2) is 5.94. The number of pyridine rings is 1. The molecule has 0 bridgehead atoms. The number of fused-ring (bicyclic) bond motifs is 1. The van der Waals surface area contributed by atoms with Crippen molar-refractivity contribution in [2.45, 2.75) is 32.4 Å². The van der Waals surface area contributed by atoms with Crippen LogP contribution in [0.15, 0.2) is 36.5 Å². The largest absolute Gasteiger partial charge is 0.377 e. The molecule has 18 heavy (non-hydrogen) atoms. The van der Waals surface area contributed by atoms with Gasteiger partial charge in [0, 0.05) is 18.2 Å². The molecule has 2 unspecified atom stereocenters. The lowest BCUT2D eigenvalue weighted by molar-refractivity contribution is 0.0414. The molecule has 3 nitrogen and oxygen atoms in total. The maximum Gasteiger partial charge on any atom is 0.0764 e. The first-order valence-electron chi connectivity index (χ1n) is 6.48. The number of hydrogen-bond donors (Lipinski definition) is 1. The van der Waals surface area contributed by atoms with Crippen molar-refractivity contribution in [1.29, 1.82) is 0 Å². The van der Waals surface area contributed by atoms with Crippen LogP contribution >= 0.6 is 0 Å². The zero-order valence-corrected chi connectivity index (χ0v) is 11.0. The summed E-state index contributed by atoms with van der Waals surface area (Å²) in [5.74, 6) is 0. The third-order valence-corrected chi connectivity index (χ3v) is 3.20. The first-order valence-corrected chi connectivity index (χ1v) is 6.48. The van der Waals surface area contributed by atoms with E-state index in [4.69, 9.17) is 10.5 Å². The van der Waals surface area contributed by atoms with E-state index >= 15 is 0 Å². The molecule has 2 aromatic rings. The fourth-order valence-electron chi connectivity index (χ4n) is 2.19. The Balaban J connectivity index is 2.29. The summed E-state index contributed by atoms with van der Waals surface area (Å²) in [5.41, 5.74) is 8.34. The number of ether oxygens (including phenoxy) is 1. The summed E-state index contributed by atoms with van der Waals surface area (Å²) >= 11 is 0. The number of nitrogens with two attached hydrogens (primary N) is 1. The quantitative estimate of drug-likeness (QED) is 0.879. The lowest BCUT2D eigenvalue weighted by atomic mass is 9.99. The molecule has 0 aliphatic carbocycles. The molecule has 0 amide bonds. The van der Waals surface area contributed by atoms with Crippen molar-refractivity contribution in [3.05, 3.63) is 42.1 Å². The Morgan fingerprint density at radius 2 is 2.11 bits per heavy atom. The summed E-state index contributed by atoms with van der Waals surface area (Å²) < 4.78 is 5.67. The minimum Gasteiger partial charge on any atom is -0.377 e. The number of rotatable bonds is 5. The molecule has 0 spiro atoms. The van der Waals surface area contributed by atoms with Gasteiger partial charge in [-0.15, -0.1) is 0 Å². The van der Waals surface area contributed by atoms with Gasteiger partial charge in [-0.05, 0) is 31.0 Å². The maximum atomic E-state index is 6.27. The van der Waals surface area contributed by atoms with Gasteiger partial charge in [-0.1, -0.05) is 25.1 Å². The summed E-state index contributed by atoms with van der Waals surface area (Å²) in [6.07, 6.45) is 2.78. The van der Waals surface area contributed by atoms with Crippen molar-refractivity contribution in [3.63, 3.8) is 0 Å². The predicted molar refractivity (Wildman–Crippen MR) is 74.4 cm³/mol. The topological polar surface area (TPSA) is 48.1 Å². The molecule has 0 radical (unpaired) electrons. The highest BCUT2D eigenvalue weighted by molar-refractivity contribution is 5.78. The predicted octanol–water partition coefficient (Wildman–Crippen LogP) is 3.05. The zero-order chi connectivity index (χ0) is 13.0. The molecule has 96 valence electrons. The van der Waals surface area contributed by atoms with E-state index in [1.807, 2.05) is 13.0 Å². The Hall–Kier alpha value is -1.45. The van der Waals surface area contributed by atoms with E-state index in [2.05, 4.69) is 36.2 Å². The van der Waals surface area contributed by atoms with Crippen LogP contribution in [0.4, 0.5) is 0 Å². The molecule has 0 aliphatic rings. The van der Waals surface area contributed by atoms with E-state index in [1.54, 1.807) is 6.20 Å². The van der Waals surface area contributed by atoms with Crippen molar-refractivity contribution in [2.24, 2.45) is 5.73 Å². The van der Waals surface area contributed by atoms with Crippen molar-refractivity contribution in [1.82, 2.24) is 4.98 Å². The summed E-state index contributed by atoms with van der Waals surface area (Å²) in [5, 5.41) is 1.14. The van der Waals surface area contributed by atoms with Gasteiger partial charge < -0.3 is 10.5 Å². The number of hydrogen-bond acceptors (Lipinski definition) is 3. The standard InChI is InChI=1S/C15H20N2O/c1-3-14(18-4-2)15(16)12-8-7-11-6-5-9-17-13(11)10-12/h5-10,14-15H,3-4,16H2,1-2H3. The highest BCUT2D eigenvalue weighted by Gasteiger charge is 2.18. The van der Waals surface area contributed by atoms with Crippen molar-refractivity contribution in [2.75, 3.05) is 6.61 Å². The third kappa shape index (κ3) is 2.68. The van der Waals surface area contributed by atoms with Crippen LogP contribution in [0.25, 0.3) is 10.9 Å². The molecule has 1 heterocycles. The van der Waals surface area contributed by atoms with Crippen LogP contribution in [0.1, 0.15) is 31.9 Å². The molecule has 0 fully saturated rings. The van der Waals surface area contributed by atoms with Crippen LogP contribution in [0.2, 0.25) is 0 Å². The first kappa shape index (κ1) is 13.0. The number of nitrogens with zero attached hydrogens (tertiary/aromatic N) is 1. The fourth-order valence-corrected chi connectivity index (χ4v) is 2.19. The second-order valence-electron chi connectivity index (χ2n) is 4.38. The van der Waals surface area contributed by atoms with Gasteiger partial charge in [0.25, 0.3) is 0 Å². The molecule has 2 rings (SSSR count). The SMILES string of the molecule is CCOC(CC)C(N)c1ccc2cccnc2c1. The van der Waals surface area contributed by atoms with Crippen LogP contribution in [-0.2, 0) is 4.74 Å². The number of benzene rings is 1. The third-order valence-electron chi connectivity index (χ3n) is 3.20. The summed E-state index contributed by atoms with van der Waals surface area (Å²) in [4.78, 5) is 4.36. The average Bonchev–Trinajstić information content (AvgIpc) is 2.43. The van der Waals surface area contributed by atoms with Gasteiger partial charge in [-0.2, -0.15) is 0 Å². The Morgan fingerprint density at radius 3 is 2.83 bits per heavy atom. The van der Waals surface area contributed by atoms with Gasteiger partial charge in [0.05, 0.1) is 17.7 Å². The zero-order valence-electron chi connectivity index (χ0n) is 11.0. The lowest BCUT2D eigenvalue weighted by Gasteiger charge is -2.23. The molecule has 0 saturated carbocycles. The van der Waals surface area contributed by atoms with E-state index in [1.165, 1.54) is 0 Å².